The SMILES string of the molecule is CO[C@@H]1CN(C)C(=O)c2cc(NC(=O)C3CC3)ccc2OC[C@H](C)N(Cc2cc(F)ccc2F)C[C@H]1C. The molecule has 9 heteroatoms. The Kier molecular flexibility index (Phi) is 8.44. The van der Waals surface area contributed by atoms with Crippen LogP contribution in [0.5, 0.6) is 5.75 Å². The maximum Gasteiger partial charge on any atom is 0.257 e. The molecule has 37 heavy (non-hydrogen) atoms. The monoisotopic (exact) mass is 515 g/mol. The van der Waals surface area contributed by atoms with Gasteiger partial charge in [-0.25, -0.2) is 8.78 Å². The van der Waals surface area contributed by atoms with Gasteiger partial charge in [0.2, 0.25) is 5.91 Å². The van der Waals surface area contributed by atoms with E-state index in [2.05, 4.69) is 5.32 Å². The summed E-state index contributed by atoms with van der Waals surface area (Å²) in [5, 5.41) is 2.89. The number of carbonyl (C=O) groups is 2. The predicted molar refractivity (Wildman–Crippen MR) is 136 cm³/mol. The molecule has 2 aromatic carbocycles. The van der Waals surface area contributed by atoms with Crippen LogP contribution in [-0.4, -0.2) is 67.6 Å². The van der Waals surface area contributed by atoms with E-state index in [9.17, 15) is 18.4 Å². The first-order valence-corrected chi connectivity index (χ1v) is 12.7. The van der Waals surface area contributed by atoms with Crippen LogP contribution in [0.3, 0.4) is 0 Å². The molecule has 0 bridgehead atoms. The number of methoxy groups -OCH3 is 1. The van der Waals surface area contributed by atoms with Crippen molar-refractivity contribution in [3.05, 3.63) is 59.2 Å². The molecule has 1 saturated carbocycles. The number of anilines is 1. The van der Waals surface area contributed by atoms with E-state index < -0.39 is 11.6 Å². The number of nitrogens with zero attached hydrogens (tertiary/aromatic N) is 2. The molecule has 1 aliphatic carbocycles. The van der Waals surface area contributed by atoms with Gasteiger partial charge in [-0.15, -0.1) is 0 Å². The van der Waals surface area contributed by atoms with Gasteiger partial charge >= 0.3 is 0 Å². The summed E-state index contributed by atoms with van der Waals surface area (Å²) in [5.74, 6) is -0.830. The van der Waals surface area contributed by atoms with Crippen molar-refractivity contribution in [1.82, 2.24) is 9.80 Å². The van der Waals surface area contributed by atoms with Crippen LogP contribution in [0, 0.1) is 23.5 Å². The molecule has 2 aliphatic rings. The highest BCUT2D eigenvalue weighted by molar-refractivity contribution is 6.00. The predicted octanol–water partition coefficient (Wildman–Crippen LogP) is 4.32. The van der Waals surface area contributed by atoms with Crippen LogP contribution in [0.2, 0.25) is 0 Å². The van der Waals surface area contributed by atoms with Crippen molar-refractivity contribution in [2.75, 3.05) is 39.2 Å². The molecule has 1 N–H and O–H groups in total. The topological polar surface area (TPSA) is 71.1 Å². The van der Waals surface area contributed by atoms with Crippen LogP contribution in [-0.2, 0) is 16.1 Å². The summed E-state index contributed by atoms with van der Waals surface area (Å²) >= 11 is 0. The van der Waals surface area contributed by atoms with Gasteiger partial charge in [0.1, 0.15) is 24.0 Å². The summed E-state index contributed by atoms with van der Waals surface area (Å²) in [6.07, 6.45) is 1.47. The molecule has 1 fully saturated rings. The van der Waals surface area contributed by atoms with Crippen molar-refractivity contribution in [2.45, 2.75) is 45.4 Å². The molecule has 7 nitrogen and oxygen atoms in total. The zero-order valence-electron chi connectivity index (χ0n) is 21.8. The number of likely N-dealkylation sites (N-methyl/N-ethyl adjacent to an activating group) is 1. The normalized spacial score (nSPS) is 23.5. The van der Waals surface area contributed by atoms with Crippen LogP contribution in [0.4, 0.5) is 14.5 Å². The summed E-state index contributed by atoms with van der Waals surface area (Å²) in [4.78, 5) is 29.4. The molecule has 0 unspecified atom stereocenters. The van der Waals surface area contributed by atoms with E-state index in [-0.39, 0.29) is 54.5 Å². The fraction of sp³-hybridized carbons (Fsp3) is 0.500. The van der Waals surface area contributed by atoms with Crippen molar-refractivity contribution in [3.8, 4) is 5.75 Å². The van der Waals surface area contributed by atoms with E-state index in [1.54, 1.807) is 37.3 Å². The van der Waals surface area contributed by atoms with Crippen LogP contribution in [0.25, 0.3) is 0 Å². The minimum absolute atomic E-state index is 0.0256. The Labute approximate surface area is 216 Å². The number of nitrogens with one attached hydrogen (secondary N) is 1. The molecule has 0 aromatic heterocycles. The number of rotatable bonds is 5. The van der Waals surface area contributed by atoms with Crippen molar-refractivity contribution < 1.29 is 27.8 Å². The largest absolute Gasteiger partial charge is 0.491 e. The van der Waals surface area contributed by atoms with Crippen LogP contribution < -0.4 is 10.1 Å². The lowest BCUT2D eigenvalue weighted by Gasteiger charge is -2.36. The van der Waals surface area contributed by atoms with Gasteiger partial charge in [0.15, 0.2) is 0 Å². The molecular formula is C28H35F2N3O4. The highest BCUT2D eigenvalue weighted by Crippen LogP contribution is 2.32. The van der Waals surface area contributed by atoms with Gasteiger partial charge in [-0.3, -0.25) is 14.5 Å². The van der Waals surface area contributed by atoms with E-state index in [1.807, 2.05) is 18.7 Å². The molecular weight excluding hydrogens is 480 g/mol. The first-order chi connectivity index (χ1) is 17.7. The summed E-state index contributed by atoms with van der Waals surface area (Å²) in [5.41, 5.74) is 1.15. The van der Waals surface area contributed by atoms with Gasteiger partial charge in [-0.1, -0.05) is 6.92 Å². The number of carbonyl (C=O) groups excluding carboxylic acids is 2. The second-order valence-electron chi connectivity index (χ2n) is 10.2. The number of halogens is 2. The zero-order chi connectivity index (χ0) is 26.7. The van der Waals surface area contributed by atoms with E-state index in [1.165, 1.54) is 6.07 Å². The third kappa shape index (κ3) is 6.64. The maximum atomic E-state index is 14.5. The van der Waals surface area contributed by atoms with Crippen LogP contribution in [0.1, 0.15) is 42.6 Å². The minimum atomic E-state index is -0.490. The number of amides is 2. The average molecular weight is 516 g/mol. The second-order valence-corrected chi connectivity index (χ2v) is 10.2. The Hall–Kier alpha value is -3.04. The molecule has 0 spiro atoms. The number of benzene rings is 2. The van der Waals surface area contributed by atoms with Crippen molar-refractivity contribution >= 4 is 17.5 Å². The van der Waals surface area contributed by atoms with Gasteiger partial charge in [-0.05, 0) is 62.1 Å². The van der Waals surface area contributed by atoms with Crippen molar-refractivity contribution in [3.63, 3.8) is 0 Å². The number of ether oxygens (including phenoxy) is 2. The lowest BCUT2D eigenvalue weighted by molar-refractivity contribution is -0.117. The average Bonchev–Trinajstić information content (AvgIpc) is 3.72. The van der Waals surface area contributed by atoms with Gasteiger partial charge in [0.05, 0.1) is 11.7 Å². The Morgan fingerprint density at radius 1 is 1.14 bits per heavy atom. The molecule has 200 valence electrons. The molecule has 0 radical (unpaired) electrons. The minimum Gasteiger partial charge on any atom is -0.491 e. The maximum absolute atomic E-state index is 14.5. The Balaban J connectivity index is 1.63. The van der Waals surface area contributed by atoms with E-state index >= 15 is 0 Å². The summed E-state index contributed by atoms with van der Waals surface area (Å²) in [6, 6.07) is 8.35. The van der Waals surface area contributed by atoms with E-state index in [0.717, 1.165) is 25.0 Å². The molecule has 2 aromatic rings. The Bertz CT molecular complexity index is 1140. The molecule has 4 rings (SSSR count). The molecule has 3 atom stereocenters. The fourth-order valence-corrected chi connectivity index (χ4v) is 4.62. The molecule has 2 amide bonds. The lowest BCUT2D eigenvalue weighted by atomic mass is 10.0. The van der Waals surface area contributed by atoms with Crippen molar-refractivity contribution in [2.24, 2.45) is 11.8 Å². The fourth-order valence-electron chi connectivity index (χ4n) is 4.62. The number of hydrogen-bond acceptors (Lipinski definition) is 5. The van der Waals surface area contributed by atoms with Gasteiger partial charge in [-0.2, -0.15) is 0 Å². The summed E-state index contributed by atoms with van der Waals surface area (Å²) < 4.78 is 40.2. The molecule has 1 heterocycles. The highest BCUT2D eigenvalue weighted by Gasteiger charge is 2.31. The number of hydrogen-bond donors (Lipinski definition) is 1. The third-order valence-electron chi connectivity index (χ3n) is 7.17. The lowest BCUT2D eigenvalue weighted by Crippen LogP contribution is -2.46. The summed E-state index contributed by atoms with van der Waals surface area (Å²) in [7, 11) is 3.31. The van der Waals surface area contributed by atoms with Gasteiger partial charge < -0.3 is 19.7 Å². The first-order valence-electron chi connectivity index (χ1n) is 12.7. The van der Waals surface area contributed by atoms with Crippen LogP contribution in [0.15, 0.2) is 36.4 Å². The standard InChI is InChI=1S/C28H35F2N3O4/c1-17-13-33(14-20-11-21(29)7-9-24(20)30)18(2)16-37-25-10-8-22(31-27(34)19-5-6-19)12-23(25)28(35)32(3)15-26(17)36-4/h7-12,17-19,26H,5-6,13-16H2,1-4H3,(H,31,34)/t17-,18+,26-/m1/s1. The Morgan fingerprint density at radius 3 is 2.59 bits per heavy atom. The van der Waals surface area contributed by atoms with E-state index in [0.29, 0.717) is 30.1 Å². The van der Waals surface area contributed by atoms with Crippen LogP contribution >= 0.6 is 0 Å². The number of fused-ring (bicyclic) bond motifs is 1. The van der Waals surface area contributed by atoms with Gasteiger partial charge in [0, 0.05) is 57.0 Å². The smallest absolute Gasteiger partial charge is 0.257 e. The third-order valence-corrected chi connectivity index (χ3v) is 7.17. The zero-order valence-corrected chi connectivity index (χ0v) is 21.8. The molecule has 0 saturated heterocycles. The first kappa shape index (κ1) is 27.0. The van der Waals surface area contributed by atoms with Gasteiger partial charge in [0.25, 0.3) is 5.91 Å². The Morgan fingerprint density at radius 2 is 1.89 bits per heavy atom. The summed E-state index contributed by atoms with van der Waals surface area (Å²) in [6.45, 7) is 5.24. The highest BCUT2D eigenvalue weighted by atomic mass is 19.1. The second kappa shape index (κ2) is 11.6. The van der Waals surface area contributed by atoms with Crippen molar-refractivity contribution in [1.29, 1.82) is 0 Å². The van der Waals surface area contributed by atoms with E-state index in [4.69, 9.17) is 9.47 Å². The quantitative estimate of drug-likeness (QED) is 0.642. The molecule has 1 aliphatic heterocycles.